The summed E-state index contributed by atoms with van der Waals surface area (Å²) >= 11 is 0. The molecule has 0 aliphatic carbocycles. The van der Waals surface area contributed by atoms with E-state index in [1.54, 1.807) is 0 Å². The van der Waals surface area contributed by atoms with Crippen molar-refractivity contribution in [3.8, 4) is 0 Å². The molecule has 1 rings (SSSR count). The van der Waals surface area contributed by atoms with Crippen molar-refractivity contribution in [2.75, 3.05) is 19.6 Å². The molecular formula is C11H21N3O4. The van der Waals surface area contributed by atoms with Crippen LogP contribution in [0.2, 0.25) is 0 Å². The van der Waals surface area contributed by atoms with E-state index in [1.807, 2.05) is 0 Å². The van der Waals surface area contributed by atoms with Gasteiger partial charge in [0.25, 0.3) is 0 Å². The van der Waals surface area contributed by atoms with Crippen molar-refractivity contribution < 1.29 is 19.3 Å². The van der Waals surface area contributed by atoms with Gasteiger partial charge in [0.1, 0.15) is 0 Å². The average molecular weight is 259 g/mol. The fourth-order valence-corrected chi connectivity index (χ4v) is 2.19. The normalized spacial score (nSPS) is 15.9. The quantitative estimate of drug-likeness (QED) is 0.367. The lowest BCUT2D eigenvalue weighted by atomic mass is 10.0. The first kappa shape index (κ1) is 14.9. The maximum atomic E-state index is 11.2. The highest BCUT2D eigenvalue weighted by Gasteiger charge is 2.29. The maximum absolute atomic E-state index is 11.2. The topological polar surface area (TPSA) is 108 Å². The molecule has 1 heterocycles. The molecule has 1 saturated heterocycles. The zero-order valence-electron chi connectivity index (χ0n) is 10.5. The molecule has 0 spiro atoms. The SMILES string of the molecule is NOC(=O)C(CCCCN1CCCC1)C(=O)ON. The van der Waals surface area contributed by atoms with Gasteiger partial charge in [-0.2, -0.15) is 11.8 Å². The van der Waals surface area contributed by atoms with Crippen molar-refractivity contribution in [2.24, 2.45) is 17.7 Å². The molecule has 0 aromatic heterocycles. The molecular weight excluding hydrogens is 238 g/mol. The number of carbonyl (C=O) groups is 2. The van der Waals surface area contributed by atoms with Crippen LogP contribution in [-0.4, -0.2) is 36.5 Å². The minimum atomic E-state index is -1.02. The molecule has 4 N–H and O–H groups in total. The summed E-state index contributed by atoms with van der Waals surface area (Å²) in [5, 5.41) is 0. The molecule has 7 heteroatoms. The summed E-state index contributed by atoms with van der Waals surface area (Å²) in [6, 6.07) is 0. The highest BCUT2D eigenvalue weighted by Crippen LogP contribution is 2.14. The van der Waals surface area contributed by atoms with Crippen LogP contribution in [0.15, 0.2) is 0 Å². The first-order valence-corrected chi connectivity index (χ1v) is 6.22. The summed E-state index contributed by atoms with van der Waals surface area (Å²) in [7, 11) is 0. The molecule has 104 valence electrons. The number of carbonyl (C=O) groups excluding carboxylic acids is 2. The van der Waals surface area contributed by atoms with Gasteiger partial charge in [-0.05, 0) is 45.3 Å². The van der Waals surface area contributed by atoms with E-state index < -0.39 is 17.9 Å². The van der Waals surface area contributed by atoms with Gasteiger partial charge in [0, 0.05) is 0 Å². The van der Waals surface area contributed by atoms with E-state index in [-0.39, 0.29) is 0 Å². The molecule has 0 saturated carbocycles. The van der Waals surface area contributed by atoms with E-state index in [0.717, 1.165) is 32.5 Å². The van der Waals surface area contributed by atoms with Crippen LogP contribution >= 0.6 is 0 Å². The third kappa shape index (κ3) is 4.59. The summed E-state index contributed by atoms with van der Waals surface area (Å²) in [6.07, 6.45) is 4.50. The Morgan fingerprint density at radius 3 is 2.11 bits per heavy atom. The van der Waals surface area contributed by atoms with Crippen molar-refractivity contribution in [3.05, 3.63) is 0 Å². The minimum absolute atomic E-state index is 0.347. The van der Waals surface area contributed by atoms with Crippen LogP contribution in [0, 0.1) is 5.92 Å². The van der Waals surface area contributed by atoms with E-state index in [9.17, 15) is 9.59 Å². The number of nitrogens with zero attached hydrogens (tertiary/aromatic N) is 1. The lowest BCUT2D eigenvalue weighted by molar-refractivity contribution is -0.163. The Morgan fingerprint density at radius 2 is 1.61 bits per heavy atom. The lowest BCUT2D eigenvalue weighted by Crippen LogP contribution is -2.31. The number of nitrogens with two attached hydrogens (primary N) is 2. The van der Waals surface area contributed by atoms with Crippen LogP contribution in [-0.2, 0) is 19.3 Å². The Balaban J connectivity index is 2.24. The molecule has 0 aromatic rings. The van der Waals surface area contributed by atoms with Gasteiger partial charge in [0.05, 0.1) is 0 Å². The fraction of sp³-hybridized carbons (Fsp3) is 0.818. The molecule has 1 aliphatic heterocycles. The Bertz CT molecular complexity index is 263. The zero-order valence-corrected chi connectivity index (χ0v) is 10.5. The van der Waals surface area contributed by atoms with E-state index in [1.165, 1.54) is 12.8 Å². The molecule has 7 nitrogen and oxygen atoms in total. The van der Waals surface area contributed by atoms with Crippen LogP contribution in [0.1, 0.15) is 32.1 Å². The summed E-state index contributed by atoms with van der Waals surface area (Å²) in [4.78, 5) is 33.0. The zero-order chi connectivity index (χ0) is 13.4. The lowest BCUT2D eigenvalue weighted by Gasteiger charge is -2.15. The number of unbranched alkanes of at least 4 members (excludes halogenated alkanes) is 1. The highest BCUT2D eigenvalue weighted by molar-refractivity contribution is 5.94. The molecule has 0 amide bonds. The monoisotopic (exact) mass is 259 g/mol. The second kappa shape index (κ2) is 8.02. The molecule has 0 aromatic carbocycles. The predicted octanol–water partition coefficient (Wildman–Crippen LogP) is -0.297. The molecule has 0 unspecified atom stereocenters. The first-order chi connectivity index (χ1) is 8.69. The van der Waals surface area contributed by atoms with E-state index >= 15 is 0 Å². The predicted molar refractivity (Wildman–Crippen MR) is 63.6 cm³/mol. The maximum Gasteiger partial charge on any atom is 0.338 e. The molecule has 1 fully saturated rings. The first-order valence-electron chi connectivity index (χ1n) is 6.22. The van der Waals surface area contributed by atoms with Gasteiger partial charge >= 0.3 is 11.9 Å². The molecule has 0 radical (unpaired) electrons. The number of rotatable bonds is 7. The Labute approximate surface area is 106 Å². The van der Waals surface area contributed by atoms with Crippen LogP contribution in [0.5, 0.6) is 0 Å². The van der Waals surface area contributed by atoms with Crippen molar-refractivity contribution in [1.82, 2.24) is 4.90 Å². The van der Waals surface area contributed by atoms with Gasteiger partial charge < -0.3 is 14.6 Å². The molecule has 1 aliphatic rings. The third-order valence-corrected chi connectivity index (χ3v) is 3.22. The Morgan fingerprint density at radius 1 is 1.06 bits per heavy atom. The Hall–Kier alpha value is -1.18. The standard InChI is InChI=1S/C11H21N3O4/c12-17-10(15)9(11(16)18-13)5-1-2-6-14-7-3-4-8-14/h9H,1-8,12-13H2. The summed E-state index contributed by atoms with van der Waals surface area (Å²) in [5.74, 6) is 6.91. The smallest absolute Gasteiger partial charge is 0.338 e. The van der Waals surface area contributed by atoms with E-state index in [2.05, 4.69) is 14.6 Å². The van der Waals surface area contributed by atoms with Crippen molar-refractivity contribution >= 4 is 11.9 Å². The van der Waals surface area contributed by atoms with Gasteiger partial charge in [0.15, 0.2) is 5.92 Å². The highest BCUT2D eigenvalue weighted by atomic mass is 16.7. The van der Waals surface area contributed by atoms with Crippen molar-refractivity contribution in [1.29, 1.82) is 0 Å². The summed E-state index contributed by atoms with van der Waals surface area (Å²) in [5.41, 5.74) is 0. The second-order valence-electron chi connectivity index (χ2n) is 4.47. The van der Waals surface area contributed by atoms with Gasteiger partial charge in [-0.25, -0.2) is 9.59 Å². The second-order valence-corrected chi connectivity index (χ2v) is 4.47. The summed E-state index contributed by atoms with van der Waals surface area (Å²) < 4.78 is 0. The molecule has 0 bridgehead atoms. The fourth-order valence-electron chi connectivity index (χ4n) is 2.19. The average Bonchev–Trinajstić information content (AvgIpc) is 2.90. The van der Waals surface area contributed by atoms with Crippen LogP contribution < -0.4 is 11.8 Å². The van der Waals surface area contributed by atoms with Crippen molar-refractivity contribution in [2.45, 2.75) is 32.1 Å². The van der Waals surface area contributed by atoms with Gasteiger partial charge in [-0.3, -0.25) is 0 Å². The van der Waals surface area contributed by atoms with Gasteiger partial charge in [-0.15, -0.1) is 0 Å². The number of hydrogen-bond donors (Lipinski definition) is 2. The van der Waals surface area contributed by atoms with Crippen LogP contribution in [0.3, 0.4) is 0 Å². The van der Waals surface area contributed by atoms with Crippen LogP contribution in [0.4, 0.5) is 0 Å². The summed E-state index contributed by atoms with van der Waals surface area (Å²) in [6.45, 7) is 3.26. The largest absolute Gasteiger partial charge is 0.373 e. The number of hydrogen-bond acceptors (Lipinski definition) is 7. The molecule has 18 heavy (non-hydrogen) atoms. The van der Waals surface area contributed by atoms with Gasteiger partial charge in [-0.1, -0.05) is 6.42 Å². The van der Waals surface area contributed by atoms with E-state index in [0.29, 0.717) is 6.42 Å². The number of likely N-dealkylation sites (tertiary alicyclic amines) is 1. The van der Waals surface area contributed by atoms with Crippen molar-refractivity contribution in [3.63, 3.8) is 0 Å². The minimum Gasteiger partial charge on any atom is -0.373 e. The van der Waals surface area contributed by atoms with Gasteiger partial charge in [0.2, 0.25) is 0 Å². The van der Waals surface area contributed by atoms with E-state index in [4.69, 9.17) is 11.8 Å². The van der Waals surface area contributed by atoms with Crippen LogP contribution in [0.25, 0.3) is 0 Å². The Kier molecular flexibility index (Phi) is 6.63. The molecule has 0 atom stereocenters. The third-order valence-electron chi connectivity index (χ3n) is 3.22.